The molecule has 4 saturated carbocycles. The summed E-state index contributed by atoms with van der Waals surface area (Å²) in [6.07, 6.45) is 8.22. The zero-order valence-corrected chi connectivity index (χ0v) is 16.7. The minimum absolute atomic E-state index is 0.00165. The molecule has 4 fully saturated rings. The molecular formula is C20H27N3O3S. The SMILES string of the molecule is COc1cc([N+](=O)[O-])ccc1NC(=S)NC(C)C12CC3CC(CC(C3)C1)C2. The number of hydrogen-bond acceptors (Lipinski definition) is 4. The van der Waals surface area contributed by atoms with E-state index >= 15 is 0 Å². The fourth-order valence-electron chi connectivity index (χ4n) is 6.11. The lowest BCUT2D eigenvalue weighted by Gasteiger charge is -2.59. The van der Waals surface area contributed by atoms with Gasteiger partial charge in [-0.3, -0.25) is 10.1 Å². The van der Waals surface area contributed by atoms with Gasteiger partial charge in [-0.05, 0) is 86.9 Å². The first-order chi connectivity index (χ1) is 12.9. The summed E-state index contributed by atoms with van der Waals surface area (Å²) in [5.74, 6) is 3.11. The number of nitrogens with zero attached hydrogens (tertiary/aromatic N) is 1. The Morgan fingerprint density at radius 1 is 1.26 bits per heavy atom. The Morgan fingerprint density at radius 3 is 2.37 bits per heavy atom. The summed E-state index contributed by atoms with van der Waals surface area (Å²) in [6, 6.07) is 4.82. The van der Waals surface area contributed by atoms with Crippen molar-refractivity contribution in [1.82, 2.24) is 5.32 Å². The van der Waals surface area contributed by atoms with E-state index in [1.54, 1.807) is 6.07 Å². The molecular weight excluding hydrogens is 362 g/mol. The quantitative estimate of drug-likeness (QED) is 0.439. The summed E-state index contributed by atoms with van der Waals surface area (Å²) in [7, 11) is 1.50. The van der Waals surface area contributed by atoms with Crippen LogP contribution in [0.15, 0.2) is 18.2 Å². The Labute approximate surface area is 165 Å². The third kappa shape index (κ3) is 3.49. The van der Waals surface area contributed by atoms with Crippen molar-refractivity contribution >= 4 is 28.7 Å². The number of anilines is 1. The predicted octanol–water partition coefficient (Wildman–Crippen LogP) is 4.49. The molecule has 0 radical (unpaired) electrons. The van der Waals surface area contributed by atoms with Crippen LogP contribution in [0, 0.1) is 33.3 Å². The van der Waals surface area contributed by atoms with E-state index in [4.69, 9.17) is 17.0 Å². The third-order valence-corrected chi connectivity index (χ3v) is 7.22. The molecule has 27 heavy (non-hydrogen) atoms. The van der Waals surface area contributed by atoms with Gasteiger partial charge < -0.3 is 15.4 Å². The number of nitro benzene ring substituents is 1. The highest BCUT2D eigenvalue weighted by Crippen LogP contribution is 2.61. The van der Waals surface area contributed by atoms with E-state index in [9.17, 15) is 10.1 Å². The van der Waals surface area contributed by atoms with Crippen LogP contribution < -0.4 is 15.4 Å². The van der Waals surface area contributed by atoms with Crippen LogP contribution in [0.4, 0.5) is 11.4 Å². The zero-order valence-electron chi connectivity index (χ0n) is 15.9. The maximum Gasteiger partial charge on any atom is 0.273 e. The Hall–Kier alpha value is -1.89. The van der Waals surface area contributed by atoms with Gasteiger partial charge in [0.25, 0.3) is 5.69 Å². The van der Waals surface area contributed by atoms with Crippen LogP contribution >= 0.6 is 12.2 Å². The van der Waals surface area contributed by atoms with Crippen molar-refractivity contribution in [2.24, 2.45) is 23.2 Å². The van der Waals surface area contributed by atoms with Gasteiger partial charge in [-0.2, -0.15) is 0 Å². The van der Waals surface area contributed by atoms with E-state index in [-0.39, 0.29) is 5.69 Å². The molecule has 7 heteroatoms. The van der Waals surface area contributed by atoms with Crippen molar-refractivity contribution in [3.05, 3.63) is 28.3 Å². The van der Waals surface area contributed by atoms with Crippen molar-refractivity contribution < 1.29 is 9.66 Å². The smallest absolute Gasteiger partial charge is 0.273 e. The summed E-state index contributed by atoms with van der Waals surface area (Å²) in [4.78, 5) is 10.5. The molecule has 1 aromatic rings. The largest absolute Gasteiger partial charge is 0.494 e. The normalized spacial score (nSPS) is 32.0. The van der Waals surface area contributed by atoms with Crippen molar-refractivity contribution in [3.8, 4) is 5.75 Å². The van der Waals surface area contributed by atoms with Gasteiger partial charge in [-0.15, -0.1) is 0 Å². The number of rotatable bonds is 5. The number of methoxy groups -OCH3 is 1. The summed E-state index contributed by atoms with van der Waals surface area (Å²) in [6.45, 7) is 2.26. The topological polar surface area (TPSA) is 76.4 Å². The third-order valence-electron chi connectivity index (χ3n) is 7.00. The average molecular weight is 390 g/mol. The highest BCUT2D eigenvalue weighted by atomic mass is 32.1. The predicted molar refractivity (Wildman–Crippen MR) is 109 cm³/mol. The lowest BCUT2D eigenvalue weighted by molar-refractivity contribution is -0.384. The van der Waals surface area contributed by atoms with Crippen LogP contribution in [0.1, 0.15) is 45.4 Å². The van der Waals surface area contributed by atoms with Gasteiger partial charge in [0.2, 0.25) is 0 Å². The van der Waals surface area contributed by atoms with E-state index in [2.05, 4.69) is 17.6 Å². The van der Waals surface area contributed by atoms with Gasteiger partial charge >= 0.3 is 0 Å². The van der Waals surface area contributed by atoms with E-state index < -0.39 is 4.92 Å². The number of benzene rings is 1. The lowest BCUT2D eigenvalue weighted by atomic mass is 9.48. The summed E-state index contributed by atoms with van der Waals surface area (Å²) >= 11 is 5.55. The first kappa shape index (κ1) is 18.5. The van der Waals surface area contributed by atoms with Crippen LogP contribution in [0.25, 0.3) is 0 Å². The van der Waals surface area contributed by atoms with Crippen LogP contribution in [0.5, 0.6) is 5.75 Å². The fraction of sp³-hybridized carbons (Fsp3) is 0.650. The number of non-ortho nitro benzene ring substituents is 1. The first-order valence-corrected chi connectivity index (χ1v) is 10.2. The summed E-state index contributed by atoms with van der Waals surface area (Å²) < 4.78 is 5.29. The Balaban J connectivity index is 1.43. The Morgan fingerprint density at radius 2 is 1.85 bits per heavy atom. The molecule has 4 aliphatic rings. The maximum absolute atomic E-state index is 10.9. The second kappa shape index (κ2) is 6.93. The molecule has 146 valence electrons. The minimum atomic E-state index is -0.433. The Kier molecular flexibility index (Phi) is 4.74. The van der Waals surface area contributed by atoms with Gasteiger partial charge in [0.05, 0.1) is 23.8 Å². The minimum Gasteiger partial charge on any atom is -0.494 e. The molecule has 6 nitrogen and oxygen atoms in total. The van der Waals surface area contributed by atoms with E-state index in [0.717, 1.165) is 17.8 Å². The maximum atomic E-state index is 10.9. The van der Waals surface area contributed by atoms with Crippen molar-refractivity contribution in [2.45, 2.75) is 51.5 Å². The number of thiocarbonyl (C=S) groups is 1. The monoisotopic (exact) mass is 389 g/mol. The molecule has 2 N–H and O–H groups in total. The first-order valence-electron chi connectivity index (χ1n) is 9.78. The molecule has 0 aliphatic heterocycles. The van der Waals surface area contributed by atoms with Gasteiger partial charge in [0.15, 0.2) is 5.11 Å². The van der Waals surface area contributed by atoms with Crippen LogP contribution in [-0.4, -0.2) is 23.2 Å². The zero-order chi connectivity index (χ0) is 19.2. The van der Waals surface area contributed by atoms with Crippen LogP contribution in [-0.2, 0) is 0 Å². The van der Waals surface area contributed by atoms with Crippen LogP contribution in [0.3, 0.4) is 0 Å². The van der Waals surface area contributed by atoms with Crippen molar-refractivity contribution in [3.63, 3.8) is 0 Å². The molecule has 1 unspecified atom stereocenters. The van der Waals surface area contributed by atoms with Crippen LogP contribution in [0.2, 0.25) is 0 Å². The molecule has 1 atom stereocenters. The van der Waals surface area contributed by atoms with Gasteiger partial charge in [-0.1, -0.05) is 0 Å². The fourth-order valence-corrected chi connectivity index (χ4v) is 6.40. The number of nitrogens with one attached hydrogen (secondary N) is 2. The molecule has 0 amide bonds. The molecule has 0 spiro atoms. The number of ether oxygens (including phenoxy) is 1. The van der Waals surface area contributed by atoms with Gasteiger partial charge in [0, 0.05) is 12.1 Å². The van der Waals surface area contributed by atoms with E-state index in [1.165, 1.54) is 57.8 Å². The average Bonchev–Trinajstić information content (AvgIpc) is 2.60. The second-order valence-electron chi connectivity index (χ2n) is 8.74. The van der Waals surface area contributed by atoms with Crippen molar-refractivity contribution in [2.75, 3.05) is 12.4 Å². The molecule has 0 aromatic heterocycles. The molecule has 4 bridgehead atoms. The molecule has 0 heterocycles. The molecule has 0 saturated heterocycles. The number of hydrogen-bond donors (Lipinski definition) is 2. The molecule has 1 aromatic carbocycles. The summed E-state index contributed by atoms with van der Waals surface area (Å²) in [5, 5.41) is 18.2. The van der Waals surface area contributed by atoms with E-state index in [0.29, 0.717) is 28.0 Å². The Bertz CT molecular complexity index is 732. The summed E-state index contributed by atoms with van der Waals surface area (Å²) in [5.41, 5.74) is 0.997. The lowest BCUT2D eigenvalue weighted by Crippen LogP contribution is -2.56. The van der Waals surface area contributed by atoms with Gasteiger partial charge in [-0.25, -0.2) is 0 Å². The second-order valence-corrected chi connectivity index (χ2v) is 9.15. The molecule has 4 aliphatic carbocycles. The highest BCUT2D eigenvalue weighted by molar-refractivity contribution is 7.80. The van der Waals surface area contributed by atoms with E-state index in [1.807, 2.05) is 0 Å². The highest BCUT2D eigenvalue weighted by Gasteiger charge is 2.53. The standard InChI is InChI=1S/C20H27N3O3S/c1-12(20-9-13-5-14(10-20)7-15(6-13)11-20)21-19(27)22-17-4-3-16(23(24)25)8-18(17)26-2/h3-4,8,12-15H,5-7,9-11H2,1-2H3,(H2,21,22,27). The molecule has 5 rings (SSSR count). The van der Waals surface area contributed by atoms with Gasteiger partial charge in [0.1, 0.15) is 5.75 Å². The van der Waals surface area contributed by atoms with Crippen molar-refractivity contribution in [1.29, 1.82) is 0 Å². The number of nitro groups is 1.